The molecule has 110 valence electrons. The Balaban J connectivity index is 1.98. The Labute approximate surface area is 129 Å². The van der Waals surface area contributed by atoms with Gasteiger partial charge in [-0.3, -0.25) is 4.90 Å². The minimum Gasteiger partial charge on any atom is -0.314 e. The monoisotopic (exact) mass is 316 g/mol. The molecule has 0 spiro atoms. The fraction of sp³-hybridized carbons (Fsp3) is 0.600. The molecule has 1 aromatic rings. The third kappa shape index (κ3) is 2.69. The van der Waals surface area contributed by atoms with Crippen LogP contribution in [0.1, 0.15) is 30.9 Å². The van der Waals surface area contributed by atoms with E-state index in [-0.39, 0.29) is 11.9 Å². The molecular weight excluding hydrogens is 298 g/mol. The summed E-state index contributed by atoms with van der Waals surface area (Å²) in [7, 11) is 0. The number of rotatable bonds is 3. The predicted molar refractivity (Wildman–Crippen MR) is 80.9 cm³/mol. The van der Waals surface area contributed by atoms with Crippen LogP contribution in [0.4, 0.5) is 4.39 Å². The van der Waals surface area contributed by atoms with E-state index in [0.717, 1.165) is 39.0 Å². The van der Waals surface area contributed by atoms with Crippen LogP contribution in [0.15, 0.2) is 12.1 Å². The Kier molecular flexibility index (Phi) is 4.51. The van der Waals surface area contributed by atoms with E-state index in [1.54, 1.807) is 0 Å². The van der Waals surface area contributed by atoms with Crippen molar-refractivity contribution in [3.63, 3.8) is 0 Å². The maximum Gasteiger partial charge on any atom is 0.129 e. The highest BCUT2D eigenvalue weighted by molar-refractivity contribution is 6.42. The van der Waals surface area contributed by atoms with Crippen LogP contribution in [-0.4, -0.2) is 31.1 Å². The minimum absolute atomic E-state index is 0.0667. The first-order valence-electron chi connectivity index (χ1n) is 7.26. The van der Waals surface area contributed by atoms with Gasteiger partial charge in [-0.05, 0) is 30.9 Å². The van der Waals surface area contributed by atoms with Crippen LogP contribution in [0.2, 0.25) is 10.0 Å². The number of hydrogen-bond donors (Lipinski definition) is 1. The summed E-state index contributed by atoms with van der Waals surface area (Å²) in [6.45, 7) is 3.76. The lowest BCUT2D eigenvalue weighted by Gasteiger charge is -2.43. The SMILES string of the molecule is Fc1ccc(Cl)c(Cl)c1[C@@H](C1CCC1)N1CCNCC1. The summed E-state index contributed by atoms with van der Waals surface area (Å²) in [5.74, 6) is 0.272. The van der Waals surface area contributed by atoms with Gasteiger partial charge in [-0.25, -0.2) is 4.39 Å². The molecule has 5 heteroatoms. The van der Waals surface area contributed by atoms with E-state index in [9.17, 15) is 4.39 Å². The van der Waals surface area contributed by atoms with Gasteiger partial charge in [0.2, 0.25) is 0 Å². The maximum atomic E-state index is 14.4. The van der Waals surface area contributed by atoms with Gasteiger partial charge in [0.05, 0.1) is 10.0 Å². The molecule has 1 atom stereocenters. The van der Waals surface area contributed by atoms with Crippen LogP contribution in [0.25, 0.3) is 0 Å². The first-order valence-corrected chi connectivity index (χ1v) is 8.02. The van der Waals surface area contributed by atoms with Crippen molar-refractivity contribution in [3.8, 4) is 0 Å². The summed E-state index contributed by atoms with van der Waals surface area (Å²) < 4.78 is 14.4. The van der Waals surface area contributed by atoms with E-state index in [0.29, 0.717) is 21.5 Å². The number of piperazine rings is 1. The van der Waals surface area contributed by atoms with Gasteiger partial charge in [0, 0.05) is 37.8 Å². The Hall–Kier alpha value is -0.350. The molecule has 20 heavy (non-hydrogen) atoms. The second-order valence-electron chi connectivity index (χ2n) is 5.68. The normalized spacial score (nSPS) is 22.6. The molecular formula is C15H19Cl2FN2. The van der Waals surface area contributed by atoms with Crippen LogP contribution in [0.5, 0.6) is 0 Å². The van der Waals surface area contributed by atoms with Crippen LogP contribution >= 0.6 is 23.2 Å². The Morgan fingerprint density at radius 3 is 2.50 bits per heavy atom. The number of nitrogens with one attached hydrogen (secondary N) is 1. The van der Waals surface area contributed by atoms with Gasteiger partial charge < -0.3 is 5.32 Å². The standard InChI is InChI=1S/C15H19Cl2FN2/c16-11-4-5-12(18)13(14(11)17)15(10-2-1-3-10)20-8-6-19-7-9-20/h4-5,10,15,19H,1-3,6-9H2/t15-/m1/s1. The average molecular weight is 317 g/mol. The van der Waals surface area contributed by atoms with Crippen molar-refractivity contribution in [2.24, 2.45) is 5.92 Å². The maximum absolute atomic E-state index is 14.4. The van der Waals surface area contributed by atoms with Crippen LogP contribution in [-0.2, 0) is 0 Å². The van der Waals surface area contributed by atoms with E-state index < -0.39 is 0 Å². The average Bonchev–Trinajstić information content (AvgIpc) is 2.41. The van der Waals surface area contributed by atoms with Crippen molar-refractivity contribution in [1.29, 1.82) is 0 Å². The quantitative estimate of drug-likeness (QED) is 0.851. The second kappa shape index (κ2) is 6.18. The summed E-state index contributed by atoms with van der Waals surface area (Å²) >= 11 is 12.4. The summed E-state index contributed by atoms with van der Waals surface area (Å²) in [5.41, 5.74) is 0.603. The van der Waals surface area contributed by atoms with E-state index in [2.05, 4.69) is 10.2 Å². The fourth-order valence-electron chi connectivity index (χ4n) is 3.25. The van der Waals surface area contributed by atoms with E-state index in [4.69, 9.17) is 23.2 Å². The third-order valence-electron chi connectivity index (χ3n) is 4.52. The van der Waals surface area contributed by atoms with Crippen molar-refractivity contribution in [1.82, 2.24) is 10.2 Å². The molecule has 1 saturated carbocycles. The third-order valence-corrected chi connectivity index (χ3v) is 5.34. The molecule has 1 heterocycles. The number of benzene rings is 1. The summed E-state index contributed by atoms with van der Waals surface area (Å²) in [4.78, 5) is 2.36. The molecule has 3 rings (SSSR count). The molecule has 2 fully saturated rings. The number of nitrogens with zero attached hydrogens (tertiary/aromatic N) is 1. The van der Waals surface area contributed by atoms with Crippen LogP contribution in [0.3, 0.4) is 0 Å². The van der Waals surface area contributed by atoms with Gasteiger partial charge in [-0.15, -0.1) is 0 Å². The topological polar surface area (TPSA) is 15.3 Å². The van der Waals surface area contributed by atoms with Gasteiger partial charge in [-0.1, -0.05) is 29.6 Å². The fourth-order valence-corrected chi connectivity index (χ4v) is 3.68. The Morgan fingerprint density at radius 1 is 1.20 bits per heavy atom. The van der Waals surface area contributed by atoms with Crippen molar-refractivity contribution >= 4 is 23.2 Å². The molecule has 1 N–H and O–H groups in total. The van der Waals surface area contributed by atoms with Gasteiger partial charge >= 0.3 is 0 Å². The zero-order valence-corrected chi connectivity index (χ0v) is 12.9. The summed E-state index contributed by atoms with van der Waals surface area (Å²) in [6, 6.07) is 3.05. The molecule has 1 aliphatic carbocycles. The molecule has 0 amide bonds. The lowest BCUT2D eigenvalue weighted by molar-refractivity contribution is 0.0813. The molecule has 1 aliphatic heterocycles. The van der Waals surface area contributed by atoms with Crippen molar-refractivity contribution in [2.75, 3.05) is 26.2 Å². The molecule has 0 bridgehead atoms. The van der Waals surface area contributed by atoms with E-state index >= 15 is 0 Å². The van der Waals surface area contributed by atoms with Gasteiger partial charge in [0.25, 0.3) is 0 Å². The smallest absolute Gasteiger partial charge is 0.129 e. The predicted octanol–water partition coefficient (Wildman–Crippen LogP) is 3.88. The van der Waals surface area contributed by atoms with Gasteiger partial charge in [0.1, 0.15) is 5.82 Å². The number of halogens is 3. The zero-order chi connectivity index (χ0) is 14.1. The largest absolute Gasteiger partial charge is 0.314 e. The summed E-state index contributed by atoms with van der Waals surface area (Å²) in [5, 5.41) is 4.18. The molecule has 2 aliphatic rings. The molecule has 0 aromatic heterocycles. The first kappa shape index (κ1) is 14.6. The van der Waals surface area contributed by atoms with Gasteiger partial charge in [0.15, 0.2) is 0 Å². The Bertz CT molecular complexity index is 485. The second-order valence-corrected chi connectivity index (χ2v) is 6.46. The lowest BCUT2D eigenvalue weighted by atomic mass is 9.76. The van der Waals surface area contributed by atoms with Gasteiger partial charge in [-0.2, -0.15) is 0 Å². The molecule has 0 unspecified atom stereocenters. The lowest BCUT2D eigenvalue weighted by Crippen LogP contribution is -2.48. The molecule has 1 aromatic carbocycles. The zero-order valence-electron chi connectivity index (χ0n) is 11.3. The minimum atomic E-state index is -0.227. The highest BCUT2D eigenvalue weighted by Gasteiger charge is 2.36. The van der Waals surface area contributed by atoms with Crippen molar-refractivity contribution in [3.05, 3.63) is 33.6 Å². The molecule has 2 nitrogen and oxygen atoms in total. The van der Waals surface area contributed by atoms with Crippen molar-refractivity contribution < 1.29 is 4.39 Å². The molecule has 1 saturated heterocycles. The Morgan fingerprint density at radius 2 is 1.90 bits per heavy atom. The van der Waals surface area contributed by atoms with E-state index in [1.165, 1.54) is 18.6 Å². The highest BCUT2D eigenvalue weighted by atomic mass is 35.5. The van der Waals surface area contributed by atoms with E-state index in [1.807, 2.05) is 0 Å². The summed E-state index contributed by atoms with van der Waals surface area (Å²) in [6.07, 6.45) is 3.53. The number of hydrogen-bond acceptors (Lipinski definition) is 2. The van der Waals surface area contributed by atoms with Crippen LogP contribution in [0, 0.1) is 11.7 Å². The first-order chi connectivity index (χ1) is 9.68. The van der Waals surface area contributed by atoms with Crippen molar-refractivity contribution in [2.45, 2.75) is 25.3 Å². The van der Waals surface area contributed by atoms with Crippen LogP contribution < -0.4 is 5.32 Å². The molecule has 0 radical (unpaired) electrons. The highest BCUT2D eigenvalue weighted by Crippen LogP contribution is 2.45.